The van der Waals surface area contributed by atoms with E-state index in [1.54, 1.807) is 0 Å². The smallest absolute Gasteiger partial charge is 0.323 e. The zero-order valence-electron chi connectivity index (χ0n) is 9.55. The molecule has 86 valence electrons. The van der Waals surface area contributed by atoms with Crippen LogP contribution in [0.2, 0.25) is 0 Å². The highest BCUT2D eigenvalue weighted by Crippen LogP contribution is 2.46. The summed E-state index contributed by atoms with van der Waals surface area (Å²) in [6.45, 7) is 3.33. The second-order valence-electron chi connectivity index (χ2n) is 4.92. The summed E-state index contributed by atoms with van der Waals surface area (Å²) in [4.78, 5) is 11.7. The Labute approximate surface area is 91.6 Å². The number of esters is 1. The van der Waals surface area contributed by atoms with Crippen molar-refractivity contribution in [3.8, 4) is 0 Å². The molecule has 3 nitrogen and oxygen atoms in total. The Bertz CT molecular complexity index is 234. The lowest BCUT2D eigenvalue weighted by Gasteiger charge is -2.37. The summed E-state index contributed by atoms with van der Waals surface area (Å²) in [6, 6.07) is -0.0446. The molecule has 0 aromatic heterocycles. The van der Waals surface area contributed by atoms with E-state index in [1.807, 2.05) is 6.92 Å². The quantitative estimate of drug-likeness (QED) is 0.709. The topological polar surface area (TPSA) is 38.3 Å². The molecule has 1 saturated heterocycles. The van der Waals surface area contributed by atoms with E-state index in [2.05, 4.69) is 5.32 Å². The number of hydrogen-bond acceptors (Lipinski definition) is 3. The predicted molar refractivity (Wildman–Crippen MR) is 58.6 cm³/mol. The van der Waals surface area contributed by atoms with Gasteiger partial charge in [-0.2, -0.15) is 0 Å². The van der Waals surface area contributed by atoms with Gasteiger partial charge in [0.05, 0.1) is 6.61 Å². The second-order valence-corrected chi connectivity index (χ2v) is 4.92. The number of hydrogen-bond donors (Lipinski definition) is 1. The molecule has 0 amide bonds. The maximum absolute atomic E-state index is 11.7. The van der Waals surface area contributed by atoms with E-state index >= 15 is 0 Å². The third kappa shape index (κ3) is 2.33. The van der Waals surface area contributed by atoms with Crippen LogP contribution in [0.1, 0.15) is 45.4 Å². The number of carbonyl (C=O) groups is 1. The lowest BCUT2D eigenvalue weighted by atomic mass is 9.75. The minimum Gasteiger partial charge on any atom is -0.465 e. The van der Waals surface area contributed by atoms with Gasteiger partial charge in [0.15, 0.2) is 0 Å². The standard InChI is InChI=1S/C12H21NO2/c1-2-15-11(14)10-9-12(7-8-13-10)5-3-4-6-12/h10,13H,2-9H2,1H3. The molecule has 1 aliphatic heterocycles. The highest BCUT2D eigenvalue weighted by molar-refractivity contribution is 5.76. The van der Waals surface area contributed by atoms with Gasteiger partial charge in [-0.25, -0.2) is 0 Å². The van der Waals surface area contributed by atoms with Crippen LogP contribution >= 0.6 is 0 Å². The summed E-state index contributed by atoms with van der Waals surface area (Å²) in [7, 11) is 0. The maximum Gasteiger partial charge on any atom is 0.323 e. The van der Waals surface area contributed by atoms with Crippen molar-refractivity contribution in [1.29, 1.82) is 0 Å². The van der Waals surface area contributed by atoms with Crippen molar-refractivity contribution in [3.05, 3.63) is 0 Å². The fourth-order valence-electron chi connectivity index (χ4n) is 3.11. The number of piperidine rings is 1. The van der Waals surface area contributed by atoms with Crippen LogP contribution in [0.4, 0.5) is 0 Å². The van der Waals surface area contributed by atoms with E-state index in [-0.39, 0.29) is 12.0 Å². The lowest BCUT2D eigenvalue weighted by molar-refractivity contribution is -0.147. The Hall–Kier alpha value is -0.570. The predicted octanol–water partition coefficient (Wildman–Crippen LogP) is 1.86. The van der Waals surface area contributed by atoms with Crippen LogP contribution in [0, 0.1) is 5.41 Å². The van der Waals surface area contributed by atoms with E-state index in [4.69, 9.17) is 4.74 Å². The molecular weight excluding hydrogens is 190 g/mol. The monoisotopic (exact) mass is 211 g/mol. The molecule has 2 rings (SSSR count). The van der Waals surface area contributed by atoms with Gasteiger partial charge < -0.3 is 10.1 Å². The number of rotatable bonds is 2. The van der Waals surface area contributed by atoms with Crippen molar-refractivity contribution in [2.45, 2.75) is 51.5 Å². The largest absolute Gasteiger partial charge is 0.465 e. The van der Waals surface area contributed by atoms with Gasteiger partial charge in [-0.1, -0.05) is 12.8 Å². The average Bonchev–Trinajstić information content (AvgIpc) is 2.67. The summed E-state index contributed by atoms with van der Waals surface area (Å²) in [6.07, 6.45) is 7.54. The Morgan fingerprint density at radius 1 is 1.40 bits per heavy atom. The van der Waals surface area contributed by atoms with E-state index < -0.39 is 0 Å². The summed E-state index contributed by atoms with van der Waals surface area (Å²) in [5.74, 6) is -0.0523. The molecule has 1 aliphatic carbocycles. The highest BCUT2D eigenvalue weighted by Gasteiger charge is 2.40. The van der Waals surface area contributed by atoms with E-state index in [9.17, 15) is 4.79 Å². The molecule has 0 aromatic rings. The summed E-state index contributed by atoms with van der Waals surface area (Å²) < 4.78 is 5.08. The van der Waals surface area contributed by atoms with Crippen LogP contribution in [0.3, 0.4) is 0 Å². The van der Waals surface area contributed by atoms with Crippen molar-refractivity contribution in [2.24, 2.45) is 5.41 Å². The molecule has 1 spiro atoms. The summed E-state index contributed by atoms with van der Waals surface area (Å²) in [5.41, 5.74) is 0.461. The molecule has 1 N–H and O–H groups in total. The minimum absolute atomic E-state index is 0.0446. The molecule has 1 atom stereocenters. The molecule has 2 aliphatic rings. The van der Waals surface area contributed by atoms with Crippen molar-refractivity contribution >= 4 is 5.97 Å². The molecule has 15 heavy (non-hydrogen) atoms. The Kier molecular flexibility index (Phi) is 3.29. The van der Waals surface area contributed by atoms with Crippen LogP contribution in [0.5, 0.6) is 0 Å². The van der Waals surface area contributed by atoms with Crippen molar-refractivity contribution in [3.63, 3.8) is 0 Å². The van der Waals surface area contributed by atoms with Crippen LogP contribution in [-0.4, -0.2) is 25.2 Å². The lowest BCUT2D eigenvalue weighted by Crippen LogP contribution is -2.48. The van der Waals surface area contributed by atoms with E-state index in [1.165, 1.54) is 32.1 Å². The minimum atomic E-state index is -0.0523. The van der Waals surface area contributed by atoms with Crippen LogP contribution in [0.15, 0.2) is 0 Å². The van der Waals surface area contributed by atoms with Gasteiger partial charge in [0.2, 0.25) is 0 Å². The number of ether oxygens (including phenoxy) is 1. The van der Waals surface area contributed by atoms with Crippen LogP contribution < -0.4 is 5.32 Å². The first-order valence-electron chi connectivity index (χ1n) is 6.16. The highest BCUT2D eigenvalue weighted by atomic mass is 16.5. The summed E-state index contributed by atoms with van der Waals surface area (Å²) >= 11 is 0. The first-order valence-corrected chi connectivity index (χ1v) is 6.16. The van der Waals surface area contributed by atoms with Crippen LogP contribution in [-0.2, 0) is 9.53 Å². The van der Waals surface area contributed by atoms with Crippen molar-refractivity contribution < 1.29 is 9.53 Å². The van der Waals surface area contributed by atoms with Crippen molar-refractivity contribution in [1.82, 2.24) is 5.32 Å². The first kappa shape index (κ1) is 10.9. The third-order valence-electron chi connectivity index (χ3n) is 3.92. The molecule has 0 aromatic carbocycles. The molecule has 1 heterocycles. The van der Waals surface area contributed by atoms with Gasteiger partial charge in [-0.15, -0.1) is 0 Å². The average molecular weight is 211 g/mol. The van der Waals surface area contributed by atoms with Gasteiger partial charge in [-0.3, -0.25) is 4.79 Å². The molecule has 1 saturated carbocycles. The van der Waals surface area contributed by atoms with Gasteiger partial charge in [0.1, 0.15) is 6.04 Å². The third-order valence-corrected chi connectivity index (χ3v) is 3.92. The SMILES string of the molecule is CCOC(=O)C1CC2(CCCC2)CCN1. The van der Waals surface area contributed by atoms with E-state index in [0.29, 0.717) is 12.0 Å². The second kappa shape index (κ2) is 4.52. The first-order chi connectivity index (χ1) is 7.26. The maximum atomic E-state index is 11.7. The fraction of sp³-hybridized carbons (Fsp3) is 0.917. The normalized spacial score (nSPS) is 29.3. The number of nitrogens with one attached hydrogen (secondary N) is 1. The zero-order chi connectivity index (χ0) is 10.7. The van der Waals surface area contributed by atoms with Gasteiger partial charge in [0, 0.05) is 0 Å². The molecule has 3 heteroatoms. The van der Waals surface area contributed by atoms with Crippen LogP contribution in [0.25, 0.3) is 0 Å². The molecule has 2 fully saturated rings. The Morgan fingerprint density at radius 2 is 2.13 bits per heavy atom. The zero-order valence-corrected chi connectivity index (χ0v) is 9.55. The fourth-order valence-corrected chi connectivity index (χ4v) is 3.11. The van der Waals surface area contributed by atoms with Gasteiger partial charge in [-0.05, 0) is 44.6 Å². The molecular formula is C12H21NO2. The Balaban J connectivity index is 1.94. The molecule has 0 bridgehead atoms. The Morgan fingerprint density at radius 3 is 2.80 bits per heavy atom. The van der Waals surface area contributed by atoms with Gasteiger partial charge in [0.25, 0.3) is 0 Å². The number of carbonyl (C=O) groups excluding carboxylic acids is 1. The summed E-state index contributed by atoms with van der Waals surface area (Å²) in [5, 5.41) is 3.28. The van der Waals surface area contributed by atoms with Gasteiger partial charge >= 0.3 is 5.97 Å². The van der Waals surface area contributed by atoms with E-state index in [0.717, 1.165) is 13.0 Å². The van der Waals surface area contributed by atoms with Crippen molar-refractivity contribution in [2.75, 3.05) is 13.2 Å². The molecule has 0 radical (unpaired) electrons. The molecule has 1 unspecified atom stereocenters.